The van der Waals surface area contributed by atoms with Crippen LogP contribution in [0, 0.1) is 10.1 Å². The number of aliphatic hydroxyl groups excluding tert-OH is 2. The molecule has 1 rings (SSSR count). The number of aliphatic hydroxyl groups is 2. The number of anilines is 2. The van der Waals surface area contributed by atoms with E-state index in [1.807, 2.05) is 6.92 Å². The Hall–Kier alpha value is -1.86. The van der Waals surface area contributed by atoms with Crippen LogP contribution >= 0.6 is 0 Å². The quantitative estimate of drug-likeness (QED) is 0.426. The topological polar surface area (TPSA) is 108 Å². The zero-order chi connectivity index (χ0) is 15.2. The van der Waals surface area contributed by atoms with Gasteiger partial charge in [0.15, 0.2) is 0 Å². The molecule has 0 spiro atoms. The molecular weight excluding hydrogens is 262 g/mol. The van der Waals surface area contributed by atoms with E-state index in [0.717, 1.165) is 6.42 Å². The van der Waals surface area contributed by atoms with Crippen molar-refractivity contribution in [3.8, 4) is 0 Å². The van der Waals surface area contributed by atoms with Crippen molar-refractivity contribution in [1.29, 1.82) is 0 Å². The average Bonchev–Trinajstić information content (AvgIpc) is 2.44. The predicted octanol–water partition coefficient (Wildman–Crippen LogP) is 1.57. The first-order valence-corrected chi connectivity index (χ1v) is 6.48. The highest BCUT2D eigenvalue weighted by molar-refractivity contribution is 5.76. The maximum atomic E-state index is 11.3. The molecule has 112 valence electrons. The molecule has 20 heavy (non-hydrogen) atoms. The number of nitrogens with zero attached hydrogens (tertiary/aromatic N) is 1. The van der Waals surface area contributed by atoms with Gasteiger partial charge in [0.25, 0.3) is 0 Å². The second-order valence-corrected chi connectivity index (χ2v) is 4.89. The minimum Gasteiger partial charge on any atom is -0.394 e. The Morgan fingerprint density at radius 3 is 2.40 bits per heavy atom. The first-order valence-electron chi connectivity index (χ1n) is 6.48. The van der Waals surface area contributed by atoms with E-state index in [4.69, 9.17) is 0 Å². The van der Waals surface area contributed by atoms with Crippen LogP contribution in [0.15, 0.2) is 18.2 Å². The minimum absolute atomic E-state index is 0.0888. The zero-order valence-electron chi connectivity index (χ0n) is 11.7. The second-order valence-electron chi connectivity index (χ2n) is 4.89. The van der Waals surface area contributed by atoms with Crippen molar-refractivity contribution in [1.82, 2.24) is 0 Å². The molecule has 0 fully saturated rings. The Bertz CT molecular complexity index is 461. The lowest BCUT2D eigenvalue weighted by atomic mass is 10.0. The van der Waals surface area contributed by atoms with Crippen LogP contribution in [0.2, 0.25) is 0 Å². The molecule has 0 aromatic heterocycles. The van der Waals surface area contributed by atoms with Crippen LogP contribution in [-0.4, -0.2) is 40.4 Å². The average molecular weight is 283 g/mol. The molecule has 0 amide bonds. The smallest absolute Gasteiger partial charge is 0.315 e. The summed E-state index contributed by atoms with van der Waals surface area (Å²) in [6.07, 6.45) is 0.847. The van der Waals surface area contributed by atoms with Crippen LogP contribution in [0.1, 0.15) is 20.3 Å². The van der Waals surface area contributed by atoms with E-state index in [1.54, 1.807) is 25.1 Å². The van der Waals surface area contributed by atoms with E-state index < -0.39 is 10.5 Å². The van der Waals surface area contributed by atoms with Gasteiger partial charge in [0, 0.05) is 6.54 Å². The van der Waals surface area contributed by atoms with Gasteiger partial charge in [-0.2, -0.15) is 0 Å². The van der Waals surface area contributed by atoms with Crippen LogP contribution in [0.5, 0.6) is 0 Å². The predicted molar refractivity (Wildman–Crippen MR) is 78.1 cm³/mol. The normalized spacial score (nSPS) is 11.2. The molecule has 4 N–H and O–H groups in total. The number of nitrogens with one attached hydrogen (secondary N) is 2. The molecular formula is C13H21N3O4. The molecule has 0 bridgehead atoms. The van der Waals surface area contributed by atoms with Gasteiger partial charge >= 0.3 is 5.69 Å². The maximum absolute atomic E-state index is 11.3. The number of rotatable bonds is 8. The summed E-state index contributed by atoms with van der Waals surface area (Å²) in [5, 5.41) is 35.7. The number of para-hydroxylation sites is 1. The van der Waals surface area contributed by atoms with Gasteiger partial charge in [-0.05, 0) is 25.5 Å². The molecule has 0 aliphatic heterocycles. The van der Waals surface area contributed by atoms with E-state index >= 15 is 0 Å². The van der Waals surface area contributed by atoms with Crippen LogP contribution in [0.25, 0.3) is 0 Å². The fourth-order valence-corrected chi connectivity index (χ4v) is 1.70. The largest absolute Gasteiger partial charge is 0.394 e. The summed E-state index contributed by atoms with van der Waals surface area (Å²) in [5.41, 5.74) is -0.426. The summed E-state index contributed by atoms with van der Waals surface area (Å²) in [6, 6.07) is 4.87. The summed E-state index contributed by atoms with van der Waals surface area (Å²) in [5.74, 6) is 0. The third-order valence-electron chi connectivity index (χ3n) is 2.92. The molecule has 0 saturated heterocycles. The standard InChI is InChI=1S/C13H21N3O4/c1-3-7-14-10-5-4-6-11(12(10)16(19)20)15-13(2,8-17)9-18/h4-6,14-15,17-18H,3,7-9H2,1-2H3. The van der Waals surface area contributed by atoms with Gasteiger partial charge in [-0.3, -0.25) is 10.1 Å². The highest BCUT2D eigenvalue weighted by atomic mass is 16.6. The lowest BCUT2D eigenvalue weighted by molar-refractivity contribution is -0.383. The van der Waals surface area contributed by atoms with Crippen LogP contribution in [0.4, 0.5) is 17.1 Å². The van der Waals surface area contributed by atoms with Crippen molar-refractivity contribution >= 4 is 17.1 Å². The second kappa shape index (κ2) is 7.06. The number of nitro groups is 1. The molecule has 0 saturated carbocycles. The monoisotopic (exact) mass is 283 g/mol. The number of hydrogen-bond donors (Lipinski definition) is 4. The summed E-state index contributed by atoms with van der Waals surface area (Å²) < 4.78 is 0. The first kappa shape index (κ1) is 16.2. The maximum Gasteiger partial charge on any atom is 0.315 e. The van der Waals surface area contributed by atoms with Crippen molar-refractivity contribution in [3.05, 3.63) is 28.3 Å². The summed E-state index contributed by atoms with van der Waals surface area (Å²) in [4.78, 5) is 10.8. The number of benzene rings is 1. The van der Waals surface area contributed by atoms with Gasteiger partial charge in [0.2, 0.25) is 0 Å². The molecule has 0 radical (unpaired) electrons. The van der Waals surface area contributed by atoms with Gasteiger partial charge in [-0.15, -0.1) is 0 Å². The molecule has 0 atom stereocenters. The molecule has 0 heterocycles. The van der Waals surface area contributed by atoms with Crippen LogP contribution in [-0.2, 0) is 0 Å². The molecule has 7 nitrogen and oxygen atoms in total. The Labute approximate surface area is 117 Å². The van der Waals surface area contributed by atoms with Crippen molar-refractivity contribution < 1.29 is 15.1 Å². The van der Waals surface area contributed by atoms with E-state index in [9.17, 15) is 20.3 Å². The lowest BCUT2D eigenvalue weighted by Crippen LogP contribution is -2.42. The zero-order valence-corrected chi connectivity index (χ0v) is 11.7. The first-order chi connectivity index (χ1) is 9.47. The van der Waals surface area contributed by atoms with Gasteiger partial charge in [0.1, 0.15) is 11.4 Å². The van der Waals surface area contributed by atoms with Gasteiger partial charge in [-0.1, -0.05) is 13.0 Å². The molecule has 0 unspecified atom stereocenters. The summed E-state index contributed by atoms with van der Waals surface area (Å²) in [6.45, 7) is 3.50. The summed E-state index contributed by atoms with van der Waals surface area (Å²) in [7, 11) is 0. The van der Waals surface area contributed by atoms with Gasteiger partial charge in [-0.25, -0.2) is 0 Å². The Morgan fingerprint density at radius 2 is 1.90 bits per heavy atom. The highest BCUT2D eigenvalue weighted by Gasteiger charge is 2.27. The van der Waals surface area contributed by atoms with Crippen molar-refractivity contribution in [2.75, 3.05) is 30.4 Å². The van der Waals surface area contributed by atoms with Crippen molar-refractivity contribution in [2.45, 2.75) is 25.8 Å². The SMILES string of the molecule is CCCNc1cccc(NC(C)(CO)CO)c1[N+](=O)[O-]. The molecule has 7 heteroatoms. The van der Waals surface area contributed by atoms with E-state index in [-0.39, 0.29) is 24.6 Å². The molecule has 0 aliphatic carbocycles. The van der Waals surface area contributed by atoms with E-state index in [1.165, 1.54) is 0 Å². The fraction of sp³-hybridized carbons (Fsp3) is 0.538. The third-order valence-corrected chi connectivity index (χ3v) is 2.92. The van der Waals surface area contributed by atoms with E-state index in [2.05, 4.69) is 10.6 Å². The number of nitro benzene ring substituents is 1. The van der Waals surface area contributed by atoms with Gasteiger partial charge < -0.3 is 20.8 Å². The minimum atomic E-state index is -1.02. The Kier molecular flexibility index (Phi) is 5.72. The lowest BCUT2D eigenvalue weighted by Gasteiger charge is -2.27. The fourth-order valence-electron chi connectivity index (χ4n) is 1.70. The molecule has 0 aliphatic rings. The Balaban J connectivity index is 3.15. The number of hydrogen-bond acceptors (Lipinski definition) is 6. The highest BCUT2D eigenvalue weighted by Crippen LogP contribution is 2.34. The molecule has 1 aromatic rings. The van der Waals surface area contributed by atoms with Crippen LogP contribution in [0.3, 0.4) is 0 Å². The van der Waals surface area contributed by atoms with E-state index in [0.29, 0.717) is 12.2 Å². The van der Waals surface area contributed by atoms with Gasteiger partial charge in [0.05, 0.1) is 23.7 Å². The van der Waals surface area contributed by atoms with Crippen molar-refractivity contribution in [3.63, 3.8) is 0 Å². The Morgan fingerprint density at radius 1 is 1.30 bits per heavy atom. The van der Waals surface area contributed by atoms with Crippen molar-refractivity contribution in [2.24, 2.45) is 0 Å². The molecule has 1 aromatic carbocycles. The van der Waals surface area contributed by atoms with Crippen LogP contribution < -0.4 is 10.6 Å². The summed E-state index contributed by atoms with van der Waals surface area (Å²) >= 11 is 0. The third kappa shape index (κ3) is 3.82.